The molecule has 0 radical (unpaired) electrons. The van der Waals surface area contributed by atoms with E-state index in [9.17, 15) is 9.18 Å². The van der Waals surface area contributed by atoms with Crippen LogP contribution in [0.2, 0.25) is 0 Å². The number of hydrogen-bond acceptors (Lipinski definition) is 4. The summed E-state index contributed by atoms with van der Waals surface area (Å²) >= 11 is 0. The van der Waals surface area contributed by atoms with Crippen LogP contribution < -0.4 is 10.9 Å². The monoisotopic (exact) mass is 363 g/mol. The van der Waals surface area contributed by atoms with E-state index in [1.165, 1.54) is 12.1 Å². The molecule has 4 aromatic rings. The summed E-state index contributed by atoms with van der Waals surface area (Å²) in [5.74, 6) is 1.26. The van der Waals surface area contributed by atoms with Crippen molar-refractivity contribution in [3.05, 3.63) is 81.7 Å². The van der Waals surface area contributed by atoms with Crippen molar-refractivity contribution in [2.45, 2.75) is 20.4 Å². The smallest absolute Gasteiger partial charge is 0.257 e. The van der Waals surface area contributed by atoms with Gasteiger partial charge in [0, 0.05) is 6.54 Å². The molecule has 2 aromatic carbocycles. The average molecular weight is 363 g/mol. The summed E-state index contributed by atoms with van der Waals surface area (Å²) in [7, 11) is 0. The Balaban J connectivity index is 1.75. The number of imidazole rings is 1. The maximum Gasteiger partial charge on any atom is 0.257 e. The van der Waals surface area contributed by atoms with Crippen LogP contribution in [0.3, 0.4) is 0 Å². The van der Waals surface area contributed by atoms with E-state index in [-0.39, 0.29) is 11.4 Å². The molecule has 2 N–H and O–H groups in total. The first-order chi connectivity index (χ1) is 13.0. The zero-order valence-electron chi connectivity index (χ0n) is 15.0. The van der Waals surface area contributed by atoms with Crippen LogP contribution in [0.4, 0.5) is 10.2 Å². The van der Waals surface area contributed by atoms with E-state index < -0.39 is 0 Å². The minimum Gasteiger partial charge on any atom is -0.365 e. The summed E-state index contributed by atoms with van der Waals surface area (Å²) in [6, 6.07) is 14.0. The molecule has 0 saturated carbocycles. The first-order valence-electron chi connectivity index (χ1n) is 8.56. The van der Waals surface area contributed by atoms with Gasteiger partial charge in [0.2, 0.25) is 5.95 Å². The number of aromatic amines is 1. The Bertz CT molecular complexity index is 1190. The van der Waals surface area contributed by atoms with Crippen LogP contribution in [-0.4, -0.2) is 19.5 Å². The molecule has 0 fully saturated rings. The van der Waals surface area contributed by atoms with E-state index in [1.54, 1.807) is 13.0 Å². The second-order valence-corrected chi connectivity index (χ2v) is 6.33. The van der Waals surface area contributed by atoms with Gasteiger partial charge in [-0.3, -0.25) is 14.3 Å². The normalized spacial score (nSPS) is 11.1. The highest BCUT2D eigenvalue weighted by atomic mass is 19.1. The van der Waals surface area contributed by atoms with Crippen LogP contribution in [0.15, 0.2) is 53.3 Å². The molecule has 6 nitrogen and oxygen atoms in total. The van der Waals surface area contributed by atoms with E-state index in [2.05, 4.69) is 20.3 Å². The fraction of sp³-hybridized carbons (Fsp3) is 0.150. The lowest BCUT2D eigenvalue weighted by molar-refractivity contribution is 0.626. The summed E-state index contributed by atoms with van der Waals surface area (Å²) in [4.78, 5) is 24.4. The molecule has 2 heterocycles. The second-order valence-electron chi connectivity index (χ2n) is 6.33. The molecule has 27 heavy (non-hydrogen) atoms. The van der Waals surface area contributed by atoms with Crippen LogP contribution in [0.1, 0.15) is 17.0 Å². The fourth-order valence-corrected chi connectivity index (χ4v) is 3.05. The van der Waals surface area contributed by atoms with Gasteiger partial charge in [0.1, 0.15) is 17.5 Å². The Morgan fingerprint density at radius 3 is 2.74 bits per heavy atom. The van der Waals surface area contributed by atoms with Crippen molar-refractivity contribution >= 4 is 16.9 Å². The number of halogens is 1. The number of para-hydroxylation sites is 2. The molecule has 0 spiro atoms. The van der Waals surface area contributed by atoms with Gasteiger partial charge in [-0.25, -0.2) is 9.37 Å². The van der Waals surface area contributed by atoms with Gasteiger partial charge >= 0.3 is 0 Å². The minimum absolute atomic E-state index is 0.237. The Morgan fingerprint density at radius 1 is 1.11 bits per heavy atom. The Hall–Kier alpha value is -3.48. The maximum atomic E-state index is 13.4. The SMILES string of the molecule is Cc1c(NCc2cccc(F)c2)nc(-n2c(C)nc3ccccc32)[nH]c1=O. The Morgan fingerprint density at radius 2 is 1.93 bits per heavy atom. The average Bonchev–Trinajstić information content (AvgIpc) is 2.98. The predicted octanol–water partition coefficient (Wildman–Crippen LogP) is 3.48. The van der Waals surface area contributed by atoms with Crippen LogP contribution in [-0.2, 0) is 6.54 Å². The number of hydrogen-bond donors (Lipinski definition) is 2. The number of benzene rings is 2. The van der Waals surface area contributed by atoms with Crippen molar-refractivity contribution in [3.8, 4) is 5.95 Å². The third kappa shape index (κ3) is 3.19. The first kappa shape index (κ1) is 17.0. The van der Waals surface area contributed by atoms with E-state index in [1.807, 2.05) is 41.8 Å². The van der Waals surface area contributed by atoms with Gasteiger partial charge in [-0.15, -0.1) is 0 Å². The van der Waals surface area contributed by atoms with Crippen molar-refractivity contribution in [2.24, 2.45) is 0 Å². The quantitative estimate of drug-likeness (QED) is 0.582. The second kappa shape index (κ2) is 6.68. The number of aryl methyl sites for hydroxylation is 1. The number of fused-ring (bicyclic) bond motifs is 1. The molecule has 2 aromatic heterocycles. The van der Waals surface area contributed by atoms with Gasteiger partial charge in [-0.05, 0) is 43.7 Å². The van der Waals surface area contributed by atoms with Gasteiger partial charge in [0.25, 0.3) is 5.56 Å². The van der Waals surface area contributed by atoms with Gasteiger partial charge in [0.15, 0.2) is 0 Å². The molecule has 0 unspecified atom stereocenters. The molecular formula is C20H18FN5O. The molecule has 4 rings (SSSR count). The molecule has 0 aliphatic rings. The lowest BCUT2D eigenvalue weighted by atomic mass is 10.2. The van der Waals surface area contributed by atoms with Gasteiger partial charge in [-0.1, -0.05) is 24.3 Å². The highest BCUT2D eigenvalue weighted by molar-refractivity contribution is 5.77. The molecule has 0 aliphatic carbocycles. The Kier molecular flexibility index (Phi) is 4.19. The van der Waals surface area contributed by atoms with Crippen molar-refractivity contribution in [3.63, 3.8) is 0 Å². The third-order valence-corrected chi connectivity index (χ3v) is 4.43. The Labute approximate surface area is 154 Å². The van der Waals surface area contributed by atoms with Crippen LogP contribution >= 0.6 is 0 Å². The van der Waals surface area contributed by atoms with Crippen molar-refractivity contribution in [2.75, 3.05) is 5.32 Å². The summed E-state index contributed by atoms with van der Waals surface area (Å²) < 4.78 is 15.2. The molecule has 0 saturated heterocycles. The number of aromatic nitrogens is 4. The minimum atomic E-state index is -0.300. The van der Waals surface area contributed by atoms with Crippen molar-refractivity contribution < 1.29 is 4.39 Å². The highest BCUT2D eigenvalue weighted by Gasteiger charge is 2.14. The summed E-state index contributed by atoms with van der Waals surface area (Å²) in [6.45, 7) is 3.92. The highest BCUT2D eigenvalue weighted by Crippen LogP contribution is 2.20. The number of anilines is 1. The van der Waals surface area contributed by atoms with E-state index in [0.29, 0.717) is 23.9 Å². The molecule has 136 valence electrons. The topological polar surface area (TPSA) is 75.6 Å². The molecule has 0 aliphatic heterocycles. The van der Waals surface area contributed by atoms with Gasteiger partial charge < -0.3 is 5.32 Å². The predicted molar refractivity (Wildman–Crippen MR) is 103 cm³/mol. The summed E-state index contributed by atoms with van der Waals surface area (Å²) in [6.07, 6.45) is 0. The van der Waals surface area contributed by atoms with Crippen LogP contribution in [0.5, 0.6) is 0 Å². The molecule has 7 heteroatoms. The summed E-state index contributed by atoms with van der Waals surface area (Å²) in [5, 5.41) is 3.14. The van der Waals surface area contributed by atoms with Gasteiger partial charge in [0.05, 0.1) is 16.6 Å². The standard InChI is InChI=1S/C20H18FN5O/c1-12-18(22-11-14-6-5-7-15(21)10-14)24-20(25-19(12)27)26-13(2)23-16-8-3-4-9-17(16)26/h3-10H,11H2,1-2H3,(H2,22,24,25,27). The van der Waals surface area contributed by atoms with Gasteiger partial charge in [-0.2, -0.15) is 4.98 Å². The molecule has 0 bridgehead atoms. The van der Waals surface area contributed by atoms with Crippen LogP contribution in [0, 0.1) is 19.7 Å². The fourth-order valence-electron chi connectivity index (χ4n) is 3.05. The first-order valence-corrected chi connectivity index (χ1v) is 8.56. The molecule has 0 amide bonds. The molecule has 0 atom stereocenters. The van der Waals surface area contributed by atoms with Crippen molar-refractivity contribution in [1.82, 2.24) is 19.5 Å². The van der Waals surface area contributed by atoms with E-state index in [4.69, 9.17) is 0 Å². The number of rotatable bonds is 4. The summed E-state index contributed by atoms with van der Waals surface area (Å²) in [5.41, 5.74) is 2.68. The molecular weight excluding hydrogens is 345 g/mol. The number of H-pyrrole nitrogens is 1. The largest absolute Gasteiger partial charge is 0.365 e. The van der Waals surface area contributed by atoms with Crippen molar-refractivity contribution in [1.29, 1.82) is 0 Å². The lowest BCUT2D eigenvalue weighted by Crippen LogP contribution is -2.19. The zero-order valence-corrected chi connectivity index (χ0v) is 15.0. The van der Waals surface area contributed by atoms with E-state index in [0.717, 1.165) is 22.4 Å². The zero-order chi connectivity index (χ0) is 19.0. The lowest BCUT2D eigenvalue weighted by Gasteiger charge is -2.12. The number of nitrogens with one attached hydrogen (secondary N) is 2. The van der Waals surface area contributed by atoms with Crippen LogP contribution in [0.25, 0.3) is 17.0 Å². The number of nitrogens with zero attached hydrogens (tertiary/aromatic N) is 3. The van der Waals surface area contributed by atoms with E-state index >= 15 is 0 Å². The third-order valence-electron chi connectivity index (χ3n) is 4.43. The maximum absolute atomic E-state index is 13.4.